The van der Waals surface area contributed by atoms with E-state index in [-0.39, 0.29) is 5.91 Å². The summed E-state index contributed by atoms with van der Waals surface area (Å²) in [5.41, 5.74) is 1.91. The fourth-order valence-electron chi connectivity index (χ4n) is 3.11. The van der Waals surface area contributed by atoms with Crippen LogP contribution in [0.3, 0.4) is 0 Å². The Labute approximate surface area is 180 Å². The molecule has 1 amide bonds. The van der Waals surface area contributed by atoms with Crippen molar-refractivity contribution in [2.45, 2.75) is 17.5 Å². The molecule has 0 atom stereocenters. The number of piperazine rings is 1. The first-order chi connectivity index (χ1) is 13.7. The molecule has 3 heterocycles. The lowest BCUT2D eigenvalue weighted by Crippen LogP contribution is -2.48. The molecule has 1 aliphatic rings. The molecule has 1 aliphatic heterocycles. The zero-order valence-electron chi connectivity index (χ0n) is 15.2. The first-order valence-corrected chi connectivity index (χ1v) is 11.6. The lowest BCUT2D eigenvalue weighted by atomic mass is 10.1. The Morgan fingerprint density at radius 1 is 1.14 bits per heavy atom. The fraction of sp³-hybridized carbons (Fsp3) is 0.316. The first-order valence-electron chi connectivity index (χ1n) is 9.00. The highest BCUT2D eigenvalue weighted by Crippen LogP contribution is 2.24. The topological polar surface area (TPSA) is 65.1 Å². The maximum atomic E-state index is 12.8. The molecule has 6 nitrogen and oxygen atoms in total. The smallest absolute Gasteiger partial charge is 0.253 e. The Morgan fingerprint density at radius 2 is 1.93 bits per heavy atom. The van der Waals surface area contributed by atoms with E-state index in [0.717, 1.165) is 54.8 Å². The third-order valence-electron chi connectivity index (χ3n) is 4.64. The number of benzene rings is 1. The first kappa shape index (κ1) is 19.6. The van der Waals surface area contributed by atoms with Gasteiger partial charge in [0.15, 0.2) is 5.16 Å². The van der Waals surface area contributed by atoms with Gasteiger partial charge >= 0.3 is 0 Å². The number of aromatic amines is 1. The van der Waals surface area contributed by atoms with Crippen molar-refractivity contribution in [3.63, 3.8) is 0 Å². The third-order valence-corrected chi connectivity index (χ3v) is 7.19. The van der Waals surface area contributed by atoms with Crippen molar-refractivity contribution in [2.24, 2.45) is 0 Å². The van der Waals surface area contributed by atoms with E-state index >= 15 is 0 Å². The standard InChI is InChI=1S/C19H20BrN5OS2/c20-17-6-5-16(28-17)11-24-7-9-25(10-8-24)18(26)15-3-1-14(2-4-15)12-27-19-21-13-22-23-19/h1-6,13H,7-12H2,(H,21,22,23). The van der Waals surface area contributed by atoms with Crippen LogP contribution in [0.25, 0.3) is 0 Å². The summed E-state index contributed by atoms with van der Waals surface area (Å²) in [4.78, 5) is 22.6. The normalized spacial score (nSPS) is 15.1. The number of amides is 1. The molecule has 2 aromatic heterocycles. The minimum Gasteiger partial charge on any atom is -0.336 e. The van der Waals surface area contributed by atoms with Gasteiger partial charge in [-0.25, -0.2) is 4.98 Å². The number of nitrogens with one attached hydrogen (secondary N) is 1. The zero-order valence-corrected chi connectivity index (χ0v) is 18.4. The second-order valence-electron chi connectivity index (χ2n) is 6.55. The van der Waals surface area contributed by atoms with Gasteiger partial charge in [-0.15, -0.1) is 11.3 Å². The van der Waals surface area contributed by atoms with Gasteiger partial charge in [0.2, 0.25) is 0 Å². The summed E-state index contributed by atoms with van der Waals surface area (Å²) in [5, 5.41) is 7.48. The van der Waals surface area contributed by atoms with Gasteiger partial charge in [0.1, 0.15) is 6.33 Å². The minimum atomic E-state index is 0.118. The molecule has 28 heavy (non-hydrogen) atoms. The van der Waals surface area contributed by atoms with E-state index in [9.17, 15) is 4.79 Å². The quantitative estimate of drug-likeness (QED) is 0.545. The number of carbonyl (C=O) groups excluding carboxylic acids is 1. The number of thiophene rings is 1. The Hall–Kier alpha value is -1.68. The summed E-state index contributed by atoms with van der Waals surface area (Å²) >= 11 is 6.88. The van der Waals surface area contributed by atoms with E-state index in [4.69, 9.17) is 0 Å². The van der Waals surface area contributed by atoms with Crippen LogP contribution < -0.4 is 0 Å². The number of thioether (sulfide) groups is 1. The van der Waals surface area contributed by atoms with Crippen LogP contribution in [0, 0.1) is 0 Å². The van der Waals surface area contributed by atoms with Crippen molar-refractivity contribution >= 4 is 44.9 Å². The monoisotopic (exact) mass is 477 g/mol. The molecular formula is C19H20BrN5OS2. The van der Waals surface area contributed by atoms with E-state index in [0.29, 0.717) is 0 Å². The lowest BCUT2D eigenvalue weighted by molar-refractivity contribution is 0.0629. The second-order valence-corrected chi connectivity index (χ2v) is 10.1. The number of hydrogen-bond donors (Lipinski definition) is 1. The van der Waals surface area contributed by atoms with E-state index < -0.39 is 0 Å². The average Bonchev–Trinajstić information content (AvgIpc) is 3.39. The van der Waals surface area contributed by atoms with Gasteiger partial charge < -0.3 is 4.90 Å². The zero-order chi connectivity index (χ0) is 19.3. The lowest BCUT2D eigenvalue weighted by Gasteiger charge is -2.34. The molecule has 0 bridgehead atoms. The summed E-state index contributed by atoms with van der Waals surface area (Å²) < 4.78 is 1.17. The van der Waals surface area contributed by atoms with Crippen LogP contribution in [0.2, 0.25) is 0 Å². The minimum absolute atomic E-state index is 0.118. The van der Waals surface area contributed by atoms with Crippen LogP contribution in [-0.4, -0.2) is 57.1 Å². The molecule has 0 unspecified atom stereocenters. The Morgan fingerprint density at radius 3 is 2.57 bits per heavy atom. The summed E-state index contributed by atoms with van der Waals surface area (Å²) in [6.45, 7) is 4.32. The van der Waals surface area contributed by atoms with Crippen LogP contribution in [0.4, 0.5) is 0 Å². The van der Waals surface area contributed by atoms with E-state index in [1.165, 1.54) is 15.0 Å². The Bertz CT molecular complexity index is 905. The van der Waals surface area contributed by atoms with Gasteiger partial charge in [0.05, 0.1) is 3.79 Å². The van der Waals surface area contributed by atoms with E-state index in [1.54, 1.807) is 23.1 Å². The Kier molecular flexibility index (Phi) is 6.46. The molecule has 4 rings (SSSR count). The molecule has 0 spiro atoms. The fourth-order valence-corrected chi connectivity index (χ4v) is 5.37. The van der Waals surface area contributed by atoms with Crippen molar-refractivity contribution in [1.82, 2.24) is 25.0 Å². The van der Waals surface area contributed by atoms with Crippen LogP contribution >= 0.6 is 39.0 Å². The summed E-state index contributed by atoms with van der Waals surface area (Å²) in [6, 6.07) is 12.1. The highest BCUT2D eigenvalue weighted by atomic mass is 79.9. The maximum Gasteiger partial charge on any atom is 0.253 e. The van der Waals surface area contributed by atoms with Crippen LogP contribution in [-0.2, 0) is 12.3 Å². The molecule has 1 fully saturated rings. The van der Waals surface area contributed by atoms with Gasteiger partial charge in [-0.1, -0.05) is 23.9 Å². The summed E-state index contributed by atoms with van der Waals surface area (Å²) in [6.07, 6.45) is 1.50. The molecule has 0 saturated carbocycles. The summed E-state index contributed by atoms with van der Waals surface area (Å²) in [5.74, 6) is 0.911. The largest absolute Gasteiger partial charge is 0.336 e. The van der Waals surface area contributed by atoms with Gasteiger partial charge in [0.25, 0.3) is 5.91 Å². The van der Waals surface area contributed by atoms with Gasteiger partial charge in [-0.3, -0.25) is 14.8 Å². The van der Waals surface area contributed by atoms with Crippen LogP contribution in [0.5, 0.6) is 0 Å². The molecule has 9 heteroatoms. The van der Waals surface area contributed by atoms with Crippen LogP contribution in [0.15, 0.2) is 51.7 Å². The van der Waals surface area contributed by atoms with E-state index in [2.05, 4.69) is 48.1 Å². The molecule has 1 aromatic carbocycles. The van der Waals surface area contributed by atoms with Crippen molar-refractivity contribution in [3.8, 4) is 0 Å². The Balaban J connectivity index is 1.27. The number of hydrogen-bond acceptors (Lipinski definition) is 6. The molecular weight excluding hydrogens is 458 g/mol. The summed E-state index contributed by atoms with van der Waals surface area (Å²) in [7, 11) is 0. The number of nitrogens with zero attached hydrogens (tertiary/aromatic N) is 4. The highest BCUT2D eigenvalue weighted by Gasteiger charge is 2.22. The van der Waals surface area contributed by atoms with Gasteiger partial charge in [-0.2, -0.15) is 5.10 Å². The molecule has 0 radical (unpaired) electrons. The highest BCUT2D eigenvalue weighted by molar-refractivity contribution is 9.11. The van der Waals surface area contributed by atoms with Crippen molar-refractivity contribution < 1.29 is 4.79 Å². The number of halogens is 1. The molecule has 0 aliphatic carbocycles. The molecule has 146 valence electrons. The average molecular weight is 478 g/mol. The maximum absolute atomic E-state index is 12.8. The SMILES string of the molecule is O=C(c1ccc(CSc2ncn[nH]2)cc1)N1CCN(Cc2ccc(Br)s2)CC1. The number of aromatic nitrogens is 3. The predicted octanol–water partition coefficient (Wildman–Crippen LogP) is 3.88. The third kappa shape index (κ3) is 5.02. The van der Waals surface area contributed by atoms with E-state index in [1.807, 2.05) is 29.2 Å². The van der Waals surface area contributed by atoms with Crippen molar-refractivity contribution in [2.75, 3.05) is 26.2 Å². The number of rotatable bonds is 6. The predicted molar refractivity (Wildman–Crippen MR) is 116 cm³/mol. The van der Waals surface area contributed by atoms with Gasteiger partial charge in [0, 0.05) is 48.9 Å². The van der Waals surface area contributed by atoms with Crippen molar-refractivity contribution in [3.05, 3.63) is 62.5 Å². The van der Waals surface area contributed by atoms with Crippen molar-refractivity contribution in [1.29, 1.82) is 0 Å². The number of carbonyl (C=O) groups is 1. The van der Waals surface area contributed by atoms with Gasteiger partial charge in [-0.05, 0) is 45.8 Å². The second kappa shape index (κ2) is 9.21. The molecule has 1 N–H and O–H groups in total. The molecule has 1 saturated heterocycles. The van der Waals surface area contributed by atoms with Crippen LogP contribution in [0.1, 0.15) is 20.8 Å². The number of H-pyrrole nitrogens is 1. The molecule has 3 aromatic rings.